The Morgan fingerprint density at radius 3 is 2.58 bits per heavy atom. The molecule has 1 rings (SSSR count). The van der Waals surface area contributed by atoms with Gasteiger partial charge < -0.3 is 10.1 Å². The van der Waals surface area contributed by atoms with Gasteiger partial charge in [-0.2, -0.15) is 0 Å². The summed E-state index contributed by atoms with van der Waals surface area (Å²) < 4.78 is 5.21. The summed E-state index contributed by atoms with van der Waals surface area (Å²) in [6.45, 7) is 10.5. The van der Waals surface area contributed by atoms with Crippen molar-refractivity contribution in [2.75, 3.05) is 5.32 Å². The number of rotatable bonds is 4. The van der Waals surface area contributed by atoms with Gasteiger partial charge in [-0.15, -0.1) is 0 Å². The van der Waals surface area contributed by atoms with Gasteiger partial charge in [0, 0.05) is 18.3 Å². The summed E-state index contributed by atoms with van der Waals surface area (Å²) in [5.74, 6) is 0. The SMILES string of the molecule is CC(C)NCc1cccc(NC(=O)OC(C)(C)C)c1. The van der Waals surface area contributed by atoms with Crippen LogP contribution in [0, 0.1) is 0 Å². The van der Waals surface area contributed by atoms with Crippen molar-refractivity contribution in [3.05, 3.63) is 29.8 Å². The number of anilines is 1. The lowest BCUT2D eigenvalue weighted by Gasteiger charge is -2.19. The molecule has 4 nitrogen and oxygen atoms in total. The zero-order valence-corrected chi connectivity index (χ0v) is 12.4. The molecule has 106 valence electrons. The second-order valence-electron chi connectivity index (χ2n) is 5.86. The van der Waals surface area contributed by atoms with E-state index in [0.717, 1.165) is 17.8 Å². The van der Waals surface area contributed by atoms with E-state index in [1.54, 1.807) is 0 Å². The number of nitrogens with one attached hydrogen (secondary N) is 2. The first-order valence-electron chi connectivity index (χ1n) is 6.58. The Balaban J connectivity index is 2.59. The average Bonchev–Trinajstić information content (AvgIpc) is 2.24. The molecule has 0 atom stereocenters. The van der Waals surface area contributed by atoms with Crippen LogP contribution in [-0.4, -0.2) is 17.7 Å². The van der Waals surface area contributed by atoms with Crippen molar-refractivity contribution in [3.63, 3.8) is 0 Å². The van der Waals surface area contributed by atoms with Crippen LogP contribution in [0.15, 0.2) is 24.3 Å². The fourth-order valence-electron chi connectivity index (χ4n) is 1.50. The minimum Gasteiger partial charge on any atom is -0.444 e. The zero-order valence-electron chi connectivity index (χ0n) is 12.4. The molecule has 0 aliphatic rings. The number of amides is 1. The largest absolute Gasteiger partial charge is 0.444 e. The molecule has 0 aliphatic carbocycles. The number of hydrogen-bond donors (Lipinski definition) is 2. The first kappa shape index (κ1) is 15.5. The van der Waals surface area contributed by atoms with E-state index in [1.807, 2.05) is 45.0 Å². The highest BCUT2D eigenvalue weighted by Gasteiger charge is 2.16. The van der Waals surface area contributed by atoms with Crippen molar-refractivity contribution in [1.29, 1.82) is 0 Å². The number of benzene rings is 1. The zero-order chi connectivity index (χ0) is 14.5. The molecular formula is C15H24N2O2. The van der Waals surface area contributed by atoms with E-state index in [2.05, 4.69) is 24.5 Å². The quantitative estimate of drug-likeness (QED) is 0.874. The number of ether oxygens (including phenoxy) is 1. The molecule has 0 saturated carbocycles. The van der Waals surface area contributed by atoms with Crippen molar-refractivity contribution < 1.29 is 9.53 Å². The van der Waals surface area contributed by atoms with Gasteiger partial charge in [-0.25, -0.2) is 4.79 Å². The molecule has 0 aromatic heterocycles. The van der Waals surface area contributed by atoms with Crippen LogP contribution in [0.25, 0.3) is 0 Å². The Bertz CT molecular complexity index is 422. The van der Waals surface area contributed by atoms with E-state index >= 15 is 0 Å². The van der Waals surface area contributed by atoms with Crippen molar-refractivity contribution in [2.45, 2.75) is 52.8 Å². The highest BCUT2D eigenvalue weighted by molar-refractivity contribution is 5.84. The molecule has 0 unspecified atom stereocenters. The van der Waals surface area contributed by atoms with Crippen LogP contribution < -0.4 is 10.6 Å². The molecule has 0 saturated heterocycles. The molecule has 0 heterocycles. The second-order valence-corrected chi connectivity index (χ2v) is 5.86. The van der Waals surface area contributed by atoms with Gasteiger partial charge >= 0.3 is 6.09 Å². The molecule has 0 fully saturated rings. The lowest BCUT2D eigenvalue weighted by molar-refractivity contribution is 0.0636. The molecule has 2 N–H and O–H groups in total. The summed E-state index contributed by atoms with van der Waals surface area (Å²) in [5, 5.41) is 6.07. The maximum atomic E-state index is 11.7. The van der Waals surface area contributed by atoms with E-state index in [9.17, 15) is 4.79 Å². The minimum absolute atomic E-state index is 0.429. The summed E-state index contributed by atoms with van der Waals surface area (Å²) in [6.07, 6.45) is -0.429. The Morgan fingerprint density at radius 2 is 2.00 bits per heavy atom. The van der Waals surface area contributed by atoms with E-state index in [0.29, 0.717) is 6.04 Å². The Morgan fingerprint density at radius 1 is 1.32 bits per heavy atom. The lowest BCUT2D eigenvalue weighted by atomic mass is 10.2. The van der Waals surface area contributed by atoms with E-state index in [1.165, 1.54) is 0 Å². The Kier molecular flexibility index (Phi) is 5.36. The van der Waals surface area contributed by atoms with E-state index in [4.69, 9.17) is 4.74 Å². The number of hydrogen-bond acceptors (Lipinski definition) is 3. The van der Waals surface area contributed by atoms with Gasteiger partial charge in [-0.05, 0) is 38.5 Å². The summed E-state index contributed by atoms with van der Waals surface area (Å²) in [4.78, 5) is 11.7. The van der Waals surface area contributed by atoms with Crippen molar-refractivity contribution in [2.24, 2.45) is 0 Å². The molecule has 4 heteroatoms. The van der Waals surface area contributed by atoms with Gasteiger partial charge in [0.05, 0.1) is 0 Å². The predicted octanol–water partition coefficient (Wildman–Crippen LogP) is 3.53. The lowest BCUT2D eigenvalue weighted by Crippen LogP contribution is -2.27. The normalized spacial score (nSPS) is 11.5. The van der Waals surface area contributed by atoms with Gasteiger partial charge in [0.25, 0.3) is 0 Å². The van der Waals surface area contributed by atoms with Crippen LogP contribution in [-0.2, 0) is 11.3 Å². The van der Waals surface area contributed by atoms with E-state index < -0.39 is 11.7 Å². The average molecular weight is 264 g/mol. The fourth-order valence-corrected chi connectivity index (χ4v) is 1.50. The standard InChI is InChI=1S/C15H24N2O2/c1-11(2)16-10-12-7-6-8-13(9-12)17-14(18)19-15(3,4)5/h6-9,11,16H,10H2,1-5H3,(H,17,18). The van der Waals surface area contributed by atoms with Crippen LogP contribution in [0.4, 0.5) is 10.5 Å². The van der Waals surface area contributed by atoms with Crippen LogP contribution in [0.5, 0.6) is 0 Å². The Hall–Kier alpha value is -1.55. The van der Waals surface area contributed by atoms with Crippen LogP contribution in [0.2, 0.25) is 0 Å². The maximum Gasteiger partial charge on any atom is 0.412 e. The molecule has 0 spiro atoms. The highest BCUT2D eigenvalue weighted by atomic mass is 16.6. The molecule has 1 amide bonds. The van der Waals surface area contributed by atoms with Crippen molar-refractivity contribution in [1.82, 2.24) is 5.32 Å². The van der Waals surface area contributed by atoms with Crippen LogP contribution in [0.1, 0.15) is 40.2 Å². The molecule has 1 aromatic rings. The molecule has 0 bridgehead atoms. The monoisotopic (exact) mass is 264 g/mol. The smallest absolute Gasteiger partial charge is 0.412 e. The highest BCUT2D eigenvalue weighted by Crippen LogP contribution is 2.13. The summed E-state index contributed by atoms with van der Waals surface area (Å²) in [7, 11) is 0. The fraction of sp³-hybridized carbons (Fsp3) is 0.533. The summed E-state index contributed by atoms with van der Waals surface area (Å²) >= 11 is 0. The third kappa shape index (κ3) is 6.82. The van der Waals surface area contributed by atoms with Gasteiger partial charge in [0.1, 0.15) is 5.60 Å². The molecule has 0 aliphatic heterocycles. The first-order chi connectivity index (χ1) is 8.76. The maximum absolute atomic E-state index is 11.7. The summed E-state index contributed by atoms with van der Waals surface area (Å²) in [5.41, 5.74) is 1.39. The number of carbonyl (C=O) groups is 1. The Labute approximate surface area is 115 Å². The van der Waals surface area contributed by atoms with Crippen molar-refractivity contribution >= 4 is 11.8 Å². The van der Waals surface area contributed by atoms with E-state index in [-0.39, 0.29) is 0 Å². The third-order valence-corrected chi connectivity index (χ3v) is 2.29. The topological polar surface area (TPSA) is 50.4 Å². The third-order valence-electron chi connectivity index (χ3n) is 2.29. The molecular weight excluding hydrogens is 240 g/mol. The van der Waals surface area contributed by atoms with Gasteiger partial charge in [0.15, 0.2) is 0 Å². The van der Waals surface area contributed by atoms with Crippen LogP contribution in [0.3, 0.4) is 0 Å². The molecule has 19 heavy (non-hydrogen) atoms. The summed E-state index contributed by atoms with van der Waals surface area (Å²) in [6, 6.07) is 8.17. The molecule has 1 aromatic carbocycles. The first-order valence-corrected chi connectivity index (χ1v) is 6.58. The minimum atomic E-state index is -0.485. The van der Waals surface area contributed by atoms with Crippen molar-refractivity contribution in [3.8, 4) is 0 Å². The predicted molar refractivity (Wildman–Crippen MR) is 78.3 cm³/mol. The van der Waals surface area contributed by atoms with Gasteiger partial charge in [-0.1, -0.05) is 26.0 Å². The second kappa shape index (κ2) is 6.57. The number of carbonyl (C=O) groups excluding carboxylic acids is 1. The molecule has 0 radical (unpaired) electrons. The van der Waals surface area contributed by atoms with Gasteiger partial charge in [0.2, 0.25) is 0 Å². The van der Waals surface area contributed by atoms with Gasteiger partial charge in [-0.3, -0.25) is 5.32 Å². The van der Waals surface area contributed by atoms with Crippen LogP contribution >= 0.6 is 0 Å².